The Bertz CT molecular complexity index is 497. The van der Waals surface area contributed by atoms with Crippen LogP contribution in [0.1, 0.15) is 38.9 Å². The third-order valence-electron chi connectivity index (χ3n) is 4.52. The zero-order chi connectivity index (χ0) is 17.2. The molecule has 0 aliphatic carbocycles. The SMILES string of the molecule is CCc1nncn1CCNC(=NC)NCC(C)CN1CCCCC1.I. The predicted molar refractivity (Wildman–Crippen MR) is 114 cm³/mol. The summed E-state index contributed by atoms with van der Waals surface area (Å²) >= 11 is 0. The van der Waals surface area contributed by atoms with E-state index in [4.69, 9.17) is 0 Å². The zero-order valence-electron chi connectivity index (χ0n) is 15.9. The smallest absolute Gasteiger partial charge is 0.191 e. The van der Waals surface area contributed by atoms with E-state index < -0.39 is 0 Å². The van der Waals surface area contributed by atoms with Crippen LogP contribution in [0, 0.1) is 5.92 Å². The number of halogens is 1. The first-order valence-electron chi connectivity index (χ1n) is 9.26. The lowest BCUT2D eigenvalue weighted by Crippen LogP contribution is -2.43. The molecule has 1 aromatic rings. The molecule has 0 bridgehead atoms. The van der Waals surface area contributed by atoms with Crippen LogP contribution in [-0.2, 0) is 13.0 Å². The molecule has 8 heteroatoms. The lowest BCUT2D eigenvalue weighted by Gasteiger charge is -2.29. The molecular formula is C17H34IN7. The minimum Gasteiger partial charge on any atom is -0.356 e. The lowest BCUT2D eigenvalue weighted by molar-refractivity contribution is 0.201. The second-order valence-electron chi connectivity index (χ2n) is 6.64. The highest BCUT2D eigenvalue weighted by atomic mass is 127. The van der Waals surface area contributed by atoms with Gasteiger partial charge < -0.3 is 20.1 Å². The molecule has 1 unspecified atom stereocenters. The Morgan fingerprint density at radius 1 is 1.28 bits per heavy atom. The quantitative estimate of drug-likeness (QED) is 0.349. The zero-order valence-corrected chi connectivity index (χ0v) is 18.2. The van der Waals surface area contributed by atoms with Crippen molar-refractivity contribution in [1.29, 1.82) is 0 Å². The fourth-order valence-corrected chi connectivity index (χ4v) is 3.17. The van der Waals surface area contributed by atoms with Crippen molar-refractivity contribution in [3.63, 3.8) is 0 Å². The van der Waals surface area contributed by atoms with E-state index in [9.17, 15) is 0 Å². The molecule has 2 heterocycles. The van der Waals surface area contributed by atoms with Gasteiger partial charge in [0.15, 0.2) is 5.96 Å². The normalized spacial score (nSPS) is 17.0. The van der Waals surface area contributed by atoms with Gasteiger partial charge in [-0.2, -0.15) is 0 Å². The summed E-state index contributed by atoms with van der Waals surface area (Å²) < 4.78 is 2.08. The standard InChI is InChI=1S/C17H33N7.HI/c1-4-16-22-21-14-24(16)11-8-19-17(18-3)20-12-15(2)13-23-9-6-5-7-10-23;/h14-15H,4-13H2,1-3H3,(H2,18,19,20);1H. The maximum absolute atomic E-state index is 4.31. The summed E-state index contributed by atoms with van der Waals surface area (Å²) in [6.45, 7) is 10.7. The highest BCUT2D eigenvalue weighted by Gasteiger charge is 2.13. The van der Waals surface area contributed by atoms with Crippen molar-refractivity contribution >= 4 is 29.9 Å². The highest BCUT2D eigenvalue weighted by molar-refractivity contribution is 14.0. The van der Waals surface area contributed by atoms with Gasteiger partial charge in [-0.05, 0) is 31.8 Å². The summed E-state index contributed by atoms with van der Waals surface area (Å²) in [7, 11) is 1.82. The van der Waals surface area contributed by atoms with Gasteiger partial charge in [0.2, 0.25) is 0 Å². The molecule has 1 aliphatic rings. The van der Waals surface area contributed by atoms with Crippen molar-refractivity contribution in [2.24, 2.45) is 10.9 Å². The van der Waals surface area contributed by atoms with Gasteiger partial charge in [-0.15, -0.1) is 34.2 Å². The van der Waals surface area contributed by atoms with Gasteiger partial charge in [0.05, 0.1) is 0 Å². The van der Waals surface area contributed by atoms with E-state index in [1.165, 1.54) is 38.9 Å². The molecule has 0 aromatic carbocycles. The second-order valence-corrected chi connectivity index (χ2v) is 6.64. The molecule has 2 N–H and O–H groups in total. The molecule has 1 fully saturated rings. The molecule has 0 spiro atoms. The number of nitrogens with one attached hydrogen (secondary N) is 2. The van der Waals surface area contributed by atoms with Crippen LogP contribution in [0.4, 0.5) is 0 Å². The highest BCUT2D eigenvalue weighted by Crippen LogP contribution is 2.10. The van der Waals surface area contributed by atoms with Crippen molar-refractivity contribution in [3.8, 4) is 0 Å². The number of nitrogens with zero attached hydrogens (tertiary/aromatic N) is 5. The van der Waals surface area contributed by atoms with Gasteiger partial charge in [-0.3, -0.25) is 4.99 Å². The average Bonchev–Trinajstić information content (AvgIpc) is 3.06. The van der Waals surface area contributed by atoms with E-state index in [-0.39, 0.29) is 24.0 Å². The van der Waals surface area contributed by atoms with E-state index >= 15 is 0 Å². The Morgan fingerprint density at radius 2 is 2.04 bits per heavy atom. The fraction of sp³-hybridized carbons (Fsp3) is 0.824. The Kier molecular flexibility index (Phi) is 11.0. The van der Waals surface area contributed by atoms with Gasteiger partial charge in [0.1, 0.15) is 12.2 Å². The van der Waals surface area contributed by atoms with E-state index in [1.807, 2.05) is 7.05 Å². The fourth-order valence-electron chi connectivity index (χ4n) is 3.17. The van der Waals surface area contributed by atoms with E-state index in [1.54, 1.807) is 6.33 Å². The largest absolute Gasteiger partial charge is 0.356 e. The molecule has 144 valence electrons. The Morgan fingerprint density at radius 3 is 2.72 bits per heavy atom. The molecular weight excluding hydrogens is 429 g/mol. The first kappa shape index (κ1) is 22.1. The molecule has 0 amide bonds. The van der Waals surface area contributed by atoms with Crippen LogP contribution in [0.25, 0.3) is 0 Å². The van der Waals surface area contributed by atoms with Crippen molar-refractivity contribution in [3.05, 3.63) is 12.2 Å². The molecule has 1 aromatic heterocycles. The summed E-state index contributed by atoms with van der Waals surface area (Å²) in [5.41, 5.74) is 0. The minimum atomic E-state index is 0. The molecule has 1 aliphatic heterocycles. The van der Waals surface area contributed by atoms with Crippen LogP contribution >= 0.6 is 24.0 Å². The Balaban J connectivity index is 0.00000312. The minimum absolute atomic E-state index is 0. The Hall–Kier alpha value is -0.900. The third kappa shape index (κ3) is 7.89. The first-order chi connectivity index (χ1) is 11.7. The number of hydrogen-bond donors (Lipinski definition) is 2. The first-order valence-corrected chi connectivity index (χ1v) is 9.26. The number of rotatable bonds is 8. The molecule has 25 heavy (non-hydrogen) atoms. The van der Waals surface area contributed by atoms with Crippen molar-refractivity contribution in [2.75, 3.05) is 39.8 Å². The number of piperidine rings is 1. The molecule has 0 radical (unpaired) electrons. The van der Waals surface area contributed by atoms with Crippen LogP contribution in [0.15, 0.2) is 11.3 Å². The van der Waals surface area contributed by atoms with E-state index in [0.717, 1.165) is 37.8 Å². The van der Waals surface area contributed by atoms with Crippen molar-refractivity contribution in [1.82, 2.24) is 30.3 Å². The maximum Gasteiger partial charge on any atom is 0.191 e. The predicted octanol–water partition coefficient (Wildman–Crippen LogP) is 1.75. The van der Waals surface area contributed by atoms with Crippen LogP contribution < -0.4 is 10.6 Å². The second kappa shape index (κ2) is 12.5. The molecule has 2 rings (SSSR count). The Labute approximate surface area is 169 Å². The summed E-state index contributed by atoms with van der Waals surface area (Å²) in [5, 5.41) is 14.9. The molecule has 7 nitrogen and oxygen atoms in total. The van der Waals surface area contributed by atoms with Crippen LogP contribution in [0.3, 0.4) is 0 Å². The summed E-state index contributed by atoms with van der Waals surface area (Å²) in [6, 6.07) is 0. The van der Waals surface area contributed by atoms with Gasteiger partial charge in [-0.25, -0.2) is 0 Å². The third-order valence-corrected chi connectivity index (χ3v) is 4.52. The maximum atomic E-state index is 4.31. The summed E-state index contributed by atoms with van der Waals surface area (Å²) in [4.78, 5) is 6.90. The van der Waals surface area contributed by atoms with Crippen LogP contribution in [0.2, 0.25) is 0 Å². The summed E-state index contributed by atoms with van der Waals surface area (Å²) in [6.07, 6.45) is 6.79. The lowest BCUT2D eigenvalue weighted by atomic mass is 10.1. The topological polar surface area (TPSA) is 70.4 Å². The van der Waals surface area contributed by atoms with Gasteiger partial charge in [0, 0.05) is 39.6 Å². The number of likely N-dealkylation sites (tertiary alicyclic amines) is 1. The number of aryl methyl sites for hydroxylation is 1. The van der Waals surface area contributed by atoms with Crippen LogP contribution in [-0.4, -0.2) is 65.4 Å². The monoisotopic (exact) mass is 463 g/mol. The van der Waals surface area contributed by atoms with Gasteiger partial charge >= 0.3 is 0 Å². The van der Waals surface area contributed by atoms with Gasteiger partial charge in [-0.1, -0.05) is 20.3 Å². The molecule has 1 saturated heterocycles. The van der Waals surface area contributed by atoms with E-state index in [0.29, 0.717) is 5.92 Å². The van der Waals surface area contributed by atoms with Crippen molar-refractivity contribution in [2.45, 2.75) is 46.1 Å². The molecule has 0 saturated carbocycles. The summed E-state index contributed by atoms with van der Waals surface area (Å²) in [5.74, 6) is 2.51. The van der Waals surface area contributed by atoms with Crippen molar-refractivity contribution < 1.29 is 0 Å². The number of hydrogen-bond acceptors (Lipinski definition) is 4. The number of aliphatic imine (C=N–C) groups is 1. The average molecular weight is 463 g/mol. The van der Waals surface area contributed by atoms with Gasteiger partial charge in [0.25, 0.3) is 0 Å². The number of guanidine groups is 1. The molecule has 1 atom stereocenters. The van der Waals surface area contributed by atoms with Crippen LogP contribution in [0.5, 0.6) is 0 Å². The number of aromatic nitrogens is 3. The van der Waals surface area contributed by atoms with E-state index in [2.05, 4.69) is 49.1 Å².